The van der Waals surface area contributed by atoms with E-state index in [0.29, 0.717) is 40.7 Å². The highest BCUT2D eigenvalue weighted by molar-refractivity contribution is 7.80. The van der Waals surface area contributed by atoms with Crippen LogP contribution >= 0.6 is 23.8 Å². The van der Waals surface area contributed by atoms with Gasteiger partial charge in [0.05, 0.1) is 22.9 Å². The molecule has 6 nitrogen and oxygen atoms in total. The van der Waals surface area contributed by atoms with E-state index in [0.717, 1.165) is 25.7 Å². The lowest BCUT2D eigenvalue weighted by Gasteiger charge is -2.14. The van der Waals surface area contributed by atoms with Crippen LogP contribution in [0.3, 0.4) is 0 Å². The monoisotopic (exact) mass is 461 g/mol. The Bertz CT molecular complexity index is 921. The number of halogens is 1. The van der Waals surface area contributed by atoms with E-state index >= 15 is 0 Å². The van der Waals surface area contributed by atoms with E-state index in [2.05, 4.69) is 22.9 Å². The minimum Gasteiger partial charge on any atom is -0.493 e. The Morgan fingerprint density at radius 1 is 1.03 bits per heavy atom. The van der Waals surface area contributed by atoms with Gasteiger partial charge in [0.15, 0.2) is 5.11 Å². The molecule has 2 aromatic carbocycles. The van der Waals surface area contributed by atoms with E-state index in [1.54, 1.807) is 36.4 Å². The number of carbonyl (C=O) groups is 2. The fraction of sp³-hybridized carbons (Fsp3) is 0.348. The third-order valence-corrected chi connectivity index (χ3v) is 4.87. The molecule has 2 rings (SSSR count). The second-order valence-corrected chi connectivity index (χ2v) is 7.77. The van der Waals surface area contributed by atoms with Crippen LogP contribution in [0.25, 0.3) is 0 Å². The van der Waals surface area contributed by atoms with Crippen LogP contribution in [0.15, 0.2) is 42.5 Å². The highest BCUT2D eigenvalue weighted by Gasteiger charge is 2.14. The average Bonchev–Trinajstić information content (AvgIpc) is 2.74. The molecule has 0 aromatic heterocycles. The molecule has 2 amide bonds. The van der Waals surface area contributed by atoms with Crippen molar-refractivity contribution in [3.63, 3.8) is 0 Å². The van der Waals surface area contributed by atoms with Crippen LogP contribution < -0.4 is 20.7 Å². The Kier molecular flexibility index (Phi) is 10.3. The maximum absolute atomic E-state index is 12.7. The molecule has 8 heteroatoms. The van der Waals surface area contributed by atoms with Crippen molar-refractivity contribution in [2.45, 2.75) is 46.0 Å². The molecule has 0 fully saturated rings. The molecule has 31 heavy (non-hydrogen) atoms. The van der Waals surface area contributed by atoms with Gasteiger partial charge in [-0.25, -0.2) is 0 Å². The smallest absolute Gasteiger partial charge is 0.261 e. The lowest BCUT2D eigenvalue weighted by atomic mass is 10.2. The molecule has 2 aromatic rings. The van der Waals surface area contributed by atoms with Crippen molar-refractivity contribution in [1.29, 1.82) is 0 Å². The standard InChI is InChI=1S/C23H28ClN3O3S/c1-3-5-8-14-30-20-11-7-6-10-17(20)22(29)27-23(31)26-19-15-16(12-13-18(19)24)25-21(28)9-4-2/h6-7,10-13,15H,3-5,8-9,14H2,1-2H3,(H,25,28)(H2,26,27,29,31). The molecule has 0 saturated heterocycles. The third kappa shape index (κ3) is 8.19. The van der Waals surface area contributed by atoms with Crippen LogP contribution in [0, 0.1) is 0 Å². The van der Waals surface area contributed by atoms with E-state index in [4.69, 9.17) is 28.6 Å². The van der Waals surface area contributed by atoms with Gasteiger partial charge in [0.2, 0.25) is 5.91 Å². The highest BCUT2D eigenvalue weighted by atomic mass is 35.5. The number of nitrogens with one attached hydrogen (secondary N) is 3. The van der Waals surface area contributed by atoms with Crippen molar-refractivity contribution >= 4 is 52.1 Å². The van der Waals surface area contributed by atoms with Crippen LogP contribution in [0.2, 0.25) is 5.02 Å². The van der Waals surface area contributed by atoms with Gasteiger partial charge < -0.3 is 15.4 Å². The van der Waals surface area contributed by atoms with Gasteiger partial charge in [-0.05, 0) is 55.4 Å². The van der Waals surface area contributed by atoms with E-state index in [-0.39, 0.29) is 16.9 Å². The molecule has 0 radical (unpaired) electrons. The lowest BCUT2D eigenvalue weighted by molar-refractivity contribution is -0.116. The summed E-state index contributed by atoms with van der Waals surface area (Å²) >= 11 is 11.5. The number of para-hydroxylation sites is 1. The lowest BCUT2D eigenvalue weighted by Crippen LogP contribution is -2.34. The molecule has 0 atom stereocenters. The van der Waals surface area contributed by atoms with Gasteiger partial charge >= 0.3 is 0 Å². The Balaban J connectivity index is 2.01. The van der Waals surface area contributed by atoms with Crippen LogP contribution in [-0.4, -0.2) is 23.5 Å². The summed E-state index contributed by atoms with van der Waals surface area (Å²) in [5.74, 6) is 0.0480. The quantitative estimate of drug-likeness (QED) is 0.309. The number of carbonyl (C=O) groups excluding carboxylic acids is 2. The van der Waals surface area contributed by atoms with Crippen molar-refractivity contribution < 1.29 is 14.3 Å². The zero-order chi connectivity index (χ0) is 22.6. The Hall–Kier alpha value is -2.64. The average molecular weight is 462 g/mol. The Morgan fingerprint density at radius 3 is 2.55 bits per heavy atom. The van der Waals surface area contributed by atoms with Crippen LogP contribution in [0.4, 0.5) is 11.4 Å². The SMILES string of the molecule is CCCCCOc1ccccc1C(=O)NC(=S)Nc1cc(NC(=O)CCC)ccc1Cl. The van der Waals surface area contributed by atoms with Crippen LogP contribution in [0.5, 0.6) is 5.75 Å². The number of hydrogen-bond donors (Lipinski definition) is 3. The second-order valence-electron chi connectivity index (χ2n) is 6.95. The third-order valence-electron chi connectivity index (χ3n) is 4.34. The molecular formula is C23H28ClN3O3S. The summed E-state index contributed by atoms with van der Waals surface area (Å²) in [6, 6.07) is 12.0. The molecule has 0 spiro atoms. The van der Waals surface area contributed by atoms with Crippen molar-refractivity contribution in [2.24, 2.45) is 0 Å². The first-order valence-electron chi connectivity index (χ1n) is 10.4. The molecule has 0 aliphatic heterocycles. The topological polar surface area (TPSA) is 79.5 Å². The maximum Gasteiger partial charge on any atom is 0.261 e. The summed E-state index contributed by atoms with van der Waals surface area (Å²) in [5, 5.41) is 8.86. The summed E-state index contributed by atoms with van der Waals surface area (Å²) in [7, 11) is 0. The normalized spacial score (nSPS) is 10.3. The second kappa shape index (κ2) is 12.9. The van der Waals surface area contributed by atoms with E-state index in [1.807, 2.05) is 13.0 Å². The van der Waals surface area contributed by atoms with Gasteiger partial charge in [-0.2, -0.15) is 0 Å². The first-order valence-corrected chi connectivity index (χ1v) is 11.2. The summed E-state index contributed by atoms with van der Waals surface area (Å²) in [6.07, 6.45) is 4.28. The van der Waals surface area contributed by atoms with E-state index in [1.165, 1.54) is 0 Å². The zero-order valence-electron chi connectivity index (χ0n) is 17.8. The van der Waals surface area contributed by atoms with Gasteiger partial charge in [-0.3, -0.25) is 14.9 Å². The first-order chi connectivity index (χ1) is 14.9. The fourth-order valence-electron chi connectivity index (χ4n) is 2.79. The van der Waals surface area contributed by atoms with Crippen molar-refractivity contribution in [3.05, 3.63) is 53.1 Å². The summed E-state index contributed by atoms with van der Waals surface area (Å²) in [6.45, 7) is 4.60. The number of rotatable bonds is 10. The minimum atomic E-state index is -0.382. The number of hydrogen-bond acceptors (Lipinski definition) is 4. The molecule has 0 heterocycles. The van der Waals surface area contributed by atoms with Crippen LogP contribution in [-0.2, 0) is 4.79 Å². The predicted molar refractivity (Wildman–Crippen MR) is 130 cm³/mol. The number of thiocarbonyl (C=S) groups is 1. The fourth-order valence-corrected chi connectivity index (χ4v) is 3.16. The van der Waals surface area contributed by atoms with Gasteiger partial charge in [0.1, 0.15) is 5.75 Å². The van der Waals surface area contributed by atoms with Gasteiger partial charge in [0, 0.05) is 12.1 Å². The van der Waals surface area contributed by atoms with Gasteiger partial charge in [-0.15, -0.1) is 0 Å². The maximum atomic E-state index is 12.7. The summed E-state index contributed by atoms with van der Waals surface area (Å²) in [5.41, 5.74) is 1.46. The van der Waals surface area contributed by atoms with Crippen molar-refractivity contribution in [2.75, 3.05) is 17.2 Å². The highest BCUT2D eigenvalue weighted by Crippen LogP contribution is 2.26. The number of ether oxygens (including phenoxy) is 1. The molecule has 0 aliphatic rings. The molecule has 3 N–H and O–H groups in total. The summed E-state index contributed by atoms with van der Waals surface area (Å²) in [4.78, 5) is 24.5. The predicted octanol–water partition coefficient (Wildman–Crippen LogP) is 5.77. The Morgan fingerprint density at radius 2 is 1.81 bits per heavy atom. The van der Waals surface area contributed by atoms with Gasteiger partial charge in [0.25, 0.3) is 5.91 Å². The number of unbranched alkanes of at least 4 members (excludes halogenated alkanes) is 2. The van der Waals surface area contributed by atoms with E-state index in [9.17, 15) is 9.59 Å². The van der Waals surface area contributed by atoms with E-state index < -0.39 is 0 Å². The number of anilines is 2. The van der Waals surface area contributed by atoms with Gasteiger partial charge in [-0.1, -0.05) is 50.4 Å². The Labute approximate surface area is 193 Å². The largest absolute Gasteiger partial charge is 0.493 e. The number of amides is 2. The number of benzene rings is 2. The minimum absolute atomic E-state index is 0.0813. The molecule has 166 valence electrons. The molecule has 0 unspecified atom stereocenters. The zero-order valence-corrected chi connectivity index (χ0v) is 19.4. The first kappa shape index (κ1) is 24.6. The molecule has 0 saturated carbocycles. The summed E-state index contributed by atoms with van der Waals surface area (Å²) < 4.78 is 5.77. The van der Waals surface area contributed by atoms with Crippen LogP contribution in [0.1, 0.15) is 56.3 Å². The molecule has 0 bridgehead atoms. The van der Waals surface area contributed by atoms with Crippen molar-refractivity contribution in [1.82, 2.24) is 5.32 Å². The molecule has 0 aliphatic carbocycles. The molecular weight excluding hydrogens is 434 g/mol. The van der Waals surface area contributed by atoms with Crippen molar-refractivity contribution in [3.8, 4) is 5.75 Å².